The normalized spacial score (nSPS) is 11.3. The maximum absolute atomic E-state index is 13.4. The second kappa shape index (κ2) is 5.31. The fraction of sp³-hybridized carbons (Fsp3) is 0.167. The zero-order valence-electron chi connectivity index (χ0n) is 10.2. The molecule has 0 bridgehead atoms. The first-order valence-corrected chi connectivity index (χ1v) is 7.35. The summed E-state index contributed by atoms with van der Waals surface area (Å²) in [6, 6.07) is 5.93. The minimum absolute atomic E-state index is 0.0836. The average molecular weight is 284 g/mol. The molecule has 0 unspecified atom stereocenters. The molecule has 0 aliphatic carbocycles. The van der Waals surface area contributed by atoms with Crippen molar-refractivity contribution in [1.82, 2.24) is 0 Å². The van der Waals surface area contributed by atoms with E-state index in [9.17, 15) is 12.8 Å². The van der Waals surface area contributed by atoms with Gasteiger partial charge in [-0.15, -0.1) is 0 Å². The van der Waals surface area contributed by atoms with Crippen LogP contribution in [-0.2, 0) is 16.6 Å². The summed E-state index contributed by atoms with van der Waals surface area (Å²) in [5.74, 6) is -0.626. The van der Waals surface area contributed by atoms with Crippen molar-refractivity contribution in [2.75, 3.05) is 16.3 Å². The molecule has 0 amide bonds. The molecule has 1 aromatic heterocycles. The Morgan fingerprint density at radius 2 is 2.11 bits per heavy atom. The Kier molecular flexibility index (Phi) is 3.75. The third kappa shape index (κ3) is 3.99. The van der Waals surface area contributed by atoms with Crippen molar-refractivity contribution in [2.45, 2.75) is 6.54 Å². The van der Waals surface area contributed by atoms with Crippen molar-refractivity contribution < 1.29 is 17.2 Å². The summed E-state index contributed by atoms with van der Waals surface area (Å²) in [5, 5.41) is 3.04. The highest BCUT2D eigenvalue weighted by molar-refractivity contribution is 7.92. The van der Waals surface area contributed by atoms with Crippen LogP contribution in [0, 0.1) is 5.82 Å². The molecule has 1 aromatic carbocycles. The van der Waals surface area contributed by atoms with E-state index in [1.165, 1.54) is 18.2 Å². The molecule has 0 saturated heterocycles. The molecule has 0 radical (unpaired) electrons. The lowest BCUT2D eigenvalue weighted by Crippen LogP contribution is -2.11. The van der Waals surface area contributed by atoms with Gasteiger partial charge in [0.25, 0.3) is 0 Å². The molecule has 2 N–H and O–H groups in total. The molecular weight excluding hydrogens is 271 g/mol. The van der Waals surface area contributed by atoms with Crippen LogP contribution < -0.4 is 10.0 Å². The maximum atomic E-state index is 13.4. The number of rotatable bonds is 5. The van der Waals surface area contributed by atoms with Gasteiger partial charge in [-0.1, -0.05) is 0 Å². The lowest BCUT2D eigenvalue weighted by atomic mass is 10.2. The van der Waals surface area contributed by atoms with E-state index >= 15 is 0 Å². The fourth-order valence-electron chi connectivity index (χ4n) is 1.51. The summed E-state index contributed by atoms with van der Waals surface area (Å²) >= 11 is 0. The first kappa shape index (κ1) is 13.4. The number of nitrogens with one attached hydrogen (secondary N) is 2. The maximum Gasteiger partial charge on any atom is 0.229 e. The van der Waals surface area contributed by atoms with E-state index in [1.54, 1.807) is 18.6 Å². The molecule has 0 saturated carbocycles. The highest BCUT2D eigenvalue weighted by atomic mass is 32.2. The van der Waals surface area contributed by atoms with Crippen LogP contribution >= 0.6 is 0 Å². The van der Waals surface area contributed by atoms with Crippen LogP contribution in [0.5, 0.6) is 0 Å². The van der Waals surface area contributed by atoms with Crippen molar-refractivity contribution in [3.8, 4) is 0 Å². The van der Waals surface area contributed by atoms with Gasteiger partial charge in [0.1, 0.15) is 5.82 Å². The van der Waals surface area contributed by atoms with Crippen molar-refractivity contribution in [3.63, 3.8) is 0 Å². The molecule has 5 nitrogen and oxygen atoms in total. The molecular formula is C12H13FN2O3S. The second-order valence-electron chi connectivity index (χ2n) is 4.05. The Balaban J connectivity index is 2.12. The number of hydrogen-bond donors (Lipinski definition) is 2. The van der Waals surface area contributed by atoms with E-state index in [0.29, 0.717) is 12.2 Å². The van der Waals surface area contributed by atoms with Crippen LogP contribution in [0.3, 0.4) is 0 Å². The summed E-state index contributed by atoms with van der Waals surface area (Å²) in [6.07, 6.45) is 4.11. The van der Waals surface area contributed by atoms with Crippen molar-refractivity contribution in [3.05, 3.63) is 48.2 Å². The number of furan rings is 1. The quantitative estimate of drug-likeness (QED) is 0.884. The summed E-state index contributed by atoms with van der Waals surface area (Å²) in [6.45, 7) is 0.500. The Morgan fingerprint density at radius 1 is 1.32 bits per heavy atom. The third-order valence-electron chi connectivity index (χ3n) is 2.34. The topological polar surface area (TPSA) is 71.3 Å². The molecule has 1 heterocycles. The predicted molar refractivity (Wildman–Crippen MR) is 70.9 cm³/mol. The van der Waals surface area contributed by atoms with Gasteiger partial charge in [0.05, 0.1) is 24.5 Å². The number of hydrogen-bond acceptors (Lipinski definition) is 4. The highest BCUT2D eigenvalue weighted by Gasteiger charge is 2.08. The Labute approximate surface area is 110 Å². The second-order valence-corrected chi connectivity index (χ2v) is 5.80. The molecule has 19 heavy (non-hydrogen) atoms. The Hall–Kier alpha value is -2.02. The summed E-state index contributed by atoms with van der Waals surface area (Å²) in [4.78, 5) is 0. The molecule has 0 spiro atoms. The molecule has 0 atom stereocenters. The van der Waals surface area contributed by atoms with Gasteiger partial charge in [-0.25, -0.2) is 12.8 Å². The Morgan fingerprint density at radius 3 is 2.74 bits per heavy atom. The largest absolute Gasteiger partial charge is 0.472 e. The third-order valence-corrected chi connectivity index (χ3v) is 2.93. The lowest BCUT2D eigenvalue weighted by molar-refractivity contribution is 0.564. The van der Waals surface area contributed by atoms with Crippen LogP contribution in [0.4, 0.5) is 15.8 Å². The molecule has 7 heteroatoms. The molecule has 2 rings (SSSR count). The van der Waals surface area contributed by atoms with E-state index in [1.807, 2.05) is 0 Å². The SMILES string of the molecule is CS(=O)(=O)Nc1cc(NCc2ccoc2)ccc1F. The monoisotopic (exact) mass is 284 g/mol. The smallest absolute Gasteiger partial charge is 0.229 e. The van der Waals surface area contributed by atoms with E-state index in [0.717, 1.165) is 11.8 Å². The van der Waals surface area contributed by atoms with Gasteiger partial charge in [0, 0.05) is 17.8 Å². The van der Waals surface area contributed by atoms with Crippen LogP contribution in [0.2, 0.25) is 0 Å². The van der Waals surface area contributed by atoms with Crippen LogP contribution in [0.25, 0.3) is 0 Å². The molecule has 2 aromatic rings. The molecule has 0 aliphatic rings. The van der Waals surface area contributed by atoms with Crippen molar-refractivity contribution in [1.29, 1.82) is 0 Å². The van der Waals surface area contributed by atoms with Gasteiger partial charge in [0.15, 0.2) is 0 Å². The summed E-state index contributed by atoms with van der Waals surface area (Å²) in [5.41, 5.74) is 1.45. The van der Waals surface area contributed by atoms with Crippen molar-refractivity contribution >= 4 is 21.4 Å². The number of anilines is 2. The molecule has 102 valence electrons. The fourth-order valence-corrected chi connectivity index (χ4v) is 2.07. The van der Waals surface area contributed by atoms with E-state index in [2.05, 4.69) is 10.0 Å². The number of benzene rings is 1. The van der Waals surface area contributed by atoms with Gasteiger partial charge < -0.3 is 9.73 Å². The first-order chi connectivity index (χ1) is 8.94. The minimum atomic E-state index is -3.51. The van der Waals surface area contributed by atoms with Gasteiger partial charge in [0.2, 0.25) is 10.0 Å². The van der Waals surface area contributed by atoms with E-state index < -0.39 is 15.8 Å². The minimum Gasteiger partial charge on any atom is -0.472 e. The lowest BCUT2D eigenvalue weighted by Gasteiger charge is -2.09. The molecule has 0 aliphatic heterocycles. The van der Waals surface area contributed by atoms with Gasteiger partial charge in [-0.3, -0.25) is 4.72 Å². The Bertz CT molecular complexity index is 654. The predicted octanol–water partition coefficient (Wildman–Crippen LogP) is 2.40. The summed E-state index contributed by atoms with van der Waals surface area (Å²) < 4.78 is 42.7. The van der Waals surface area contributed by atoms with E-state index in [4.69, 9.17) is 4.42 Å². The van der Waals surface area contributed by atoms with E-state index in [-0.39, 0.29) is 5.69 Å². The number of sulfonamides is 1. The van der Waals surface area contributed by atoms with Gasteiger partial charge in [-0.2, -0.15) is 0 Å². The zero-order chi connectivity index (χ0) is 13.9. The van der Waals surface area contributed by atoms with Crippen LogP contribution in [0.15, 0.2) is 41.2 Å². The highest BCUT2D eigenvalue weighted by Crippen LogP contribution is 2.21. The summed E-state index contributed by atoms with van der Waals surface area (Å²) in [7, 11) is -3.51. The average Bonchev–Trinajstić information content (AvgIpc) is 2.81. The van der Waals surface area contributed by atoms with Crippen LogP contribution in [-0.4, -0.2) is 14.7 Å². The molecule has 0 fully saturated rings. The standard InChI is InChI=1S/C12H13FN2O3S/c1-19(16,17)15-12-6-10(2-3-11(12)13)14-7-9-4-5-18-8-9/h2-6,8,14-15H,7H2,1H3. The zero-order valence-corrected chi connectivity index (χ0v) is 11.0. The number of halogens is 1. The van der Waals surface area contributed by atoms with Gasteiger partial charge >= 0.3 is 0 Å². The van der Waals surface area contributed by atoms with Crippen molar-refractivity contribution in [2.24, 2.45) is 0 Å². The van der Waals surface area contributed by atoms with Gasteiger partial charge in [-0.05, 0) is 24.3 Å². The first-order valence-electron chi connectivity index (χ1n) is 5.46. The van der Waals surface area contributed by atoms with Crippen LogP contribution in [0.1, 0.15) is 5.56 Å².